The van der Waals surface area contributed by atoms with Gasteiger partial charge in [-0.15, -0.1) is 0 Å². The van der Waals surface area contributed by atoms with Gasteiger partial charge in [-0.05, 0) is 55.2 Å². The summed E-state index contributed by atoms with van der Waals surface area (Å²) in [7, 11) is 0. The van der Waals surface area contributed by atoms with E-state index in [0.29, 0.717) is 5.02 Å². The van der Waals surface area contributed by atoms with Crippen LogP contribution in [-0.2, 0) is 6.54 Å². The van der Waals surface area contributed by atoms with Crippen LogP contribution in [0, 0.1) is 6.92 Å². The Labute approximate surface area is 124 Å². The van der Waals surface area contributed by atoms with Crippen LogP contribution in [0.1, 0.15) is 24.0 Å². The van der Waals surface area contributed by atoms with Gasteiger partial charge in [0.05, 0.1) is 0 Å². The zero-order valence-electron chi connectivity index (χ0n) is 11.5. The third-order valence-corrected chi connectivity index (χ3v) is 3.71. The molecule has 2 nitrogen and oxygen atoms in total. The van der Waals surface area contributed by atoms with E-state index >= 15 is 0 Å². The van der Waals surface area contributed by atoms with Crippen molar-refractivity contribution in [3.63, 3.8) is 0 Å². The predicted octanol–water partition coefficient (Wildman–Crippen LogP) is 4.69. The van der Waals surface area contributed by atoms with Crippen molar-refractivity contribution in [2.24, 2.45) is 0 Å². The van der Waals surface area contributed by atoms with Crippen LogP contribution in [0.3, 0.4) is 0 Å². The SMILES string of the molecule is Cc1ccc(Cl)cc1Oc1ccc(CNC2CC2)cc1. The molecule has 0 spiro atoms. The Morgan fingerprint density at radius 1 is 1.15 bits per heavy atom. The van der Waals surface area contributed by atoms with Crippen molar-refractivity contribution in [3.8, 4) is 11.5 Å². The third kappa shape index (κ3) is 3.53. The molecule has 2 aromatic rings. The maximum Gasteiger partial charge on any atom is 0.131 e. The first-order valence-corrected chi connectivity index (χ1v) is 7.35. The summed E-state index contributed by atoms with van der Waals surface area (Å²) in [6.45, 7) is 2.95. The van der Waals surface area contributed by atoms with Gasteiger partial charge in [0.25, 0.3) is 0 Å². The largest absolute Gasteiger partial charge is 0.457 e. The van der Waals surface area contributed by atoms with Crippen molar-refractivity contribution >= 4 is 11.6 Å². The van der Waals surface area contributed by atoms with Crippen LogP contribution in [-0.4, -0.2) is 6.04 Å². The molecule has 0 atom stereocenters. The van der Waals surface area contributed by atoms with E-state index in [1.807, 2.05) is 37.3 Å². The topological polar surface area (TPSA) is 21.3 Å². The molecule has 1 fully saturated rings. The maximum atomic E-state index is 6.00. The molecule has 0 unspecified atom stereocenters. The lowest BCUT2D eigenvalue weighted by atomic mass is 10.2. The van der Waals surface area contributed by atoms with Crippen LogP contribution in [0.25, 0.3) is 0 Å². The van der Waals surface area contributed by atoms with E-state index < -0.39 is 0 Å². The predicted molar refractivity (Wildman–Crippen MR) is 82.6 cm³/mol. The molecule has 1 aliphatic carbocycles. The van der Waals surface area contributed by atoms with Crippen LogP contribution in [0.2, 0.25) is 5.02 Å². The highest BCUT2D eigenvalue weighted by Gasteiger charge is 2.19. The second kappa shape index (κ2) is 5.86. The Morgan fingerprint density at radius 3 is 2.60 bits per heavy atom. The summed E-state index contributed by atoms with van der Waals surface area (Å²) >= 11 is 6.00. The molecule has 0 radical (unpaired) electrons. The average molecular weight is 288 g/mol. The highest BCUT2D eigenvalue weighted by molar-refractivity contribution is 6.30. The number of ether oxygens (including phenoxy) is 1. The fraction of sp³-hybridized carbons (Fsp3) is 0.294. The highest BCUT2D eigenvalue weighted by Crippen LogP contribution is 2.28. The van der Waals surface area contributed by atoms with E-state index in [1.54, 1.807) is 0 Å². The summed E-state index contributed by atoms with van der Waals surface area (Å²) in [6.07, 6.45) is 2.63. The lowest BCUT2D eigenvalue weighted by molar-refractivity contribution is 0.478. The first-order valence-electron chi connectivity index (χ1n) is 6.97. The van der Waals surface area contributed by atoms with Gasteiger partial charge in [0.1, 0.15) is 11.5 Å². The van der Waals surface area contributed by atoms with Gasteiger partial charge in [-0.25, -0.2) is 0 Å². The summed E-state index contributed by atoms with van der Waals surface area (Å²) in [5.74, 6) is 1.65. The first kappa shape index (κ1) is 13.5. The summed E-state index contributed by atoms with van der Waals surface area (Å²) in [4.78, 5) is 0. The Morgan fingerprint density at radius 2 is 1.90 bits per heavy atom. The molecule has 1 N–H and O–H groups in total. The number of aryl methyl sites for hydroxylation is 1. The van der Waals surface area contributed by atoms with Gasteiger partial charge in [0.2, 0.25) is 0 Å². The standard InChI is InChI=1S/C17H18ClNO/c1-12-2-5-14(18)10-17(12)20-16-8-3-13(4-9-16)11-19-15-6-7-15/h2-5,8-10,15,19H,6-7,11H2,1H3. The number of halogens is 1. The molecular weight excluding hydrogens is 270 g/mol. The Kier molecular flexibility index (Phi) is 3.95. The number of hydrogen-bond donors (Lipinski definition) is 1. The highest BCUT2D eigenvalue weighted by atomic mass is 35.5. The Balaban J connectivity index is 1.66. The van der Waals surface area contributed by atoms with Crippen molar-refractivity contribution in [1.82, 2.24) is 5.32 Å². The van der Waals surface area contributed by atoms with E-state index in [1.165, 1.54) is 18.4 Å². The normalized spacial score (nSPS) is 14.3. The van der Waals surface area contributed by atoms with Crippen LogP contribution in [0.5, 0.6) is 11.5 Å². The Bertz CT molecular complexity index is 590. The van der Waals surface area contributed by atoms with E-state index in [0.717, 1.165) is 29.6 Å². The van der Waals surface area contributed by atoms with E-state index in [-0.39, 0.29) is 0 Å². The zero-order chi connectivity index (χ0) is 13.9. The number of benzene rings is 2. The van der Waals surface area contributed by atoms with E-state index in [4.69, 9.17) is 16.3 Å². The minimum Gasteiger partial charge on any atom is -0.457 e. The van der Waals surface area contributed by atoms with Gasteiger partial charge < -0.3 is 10.1 Å². The molecule has 0 amide bonds. The summed E-state index contributed by atoms with van der Waals surface area (Å²) in [6, 6.07) is 14.6. The van der Waals surface area contributed by atoms with Crippen molar-refractivity contribution in [2.75, 3.05) is 0 Å². The van der Waals surface area contributed by atoms with Crippen LogP contribution >= 0.6 is 11.6 Å². The zero-order valence-corrected chi connectivity index (χ0v) is 12.3. The fourth-order valence-corrected chi connectivity index (χ4v) is 2.20. The molecule has 1 aliphatic rings. The smallest absolute Gasteiger partial charge is 0.131 e. The number of hydrogen-bond acceptors (Lipinski definition) is 2. The molecule has 1 saturated carbocycles. The summed E-state index contributed by atoms with van der Waals surface area (Å²) in [5, 5.41) is 4.19. The van der Waals surface area contributed by atoms with Crippen LogP contribution < -0.4 is 10.1 Å². The molecule has 0 aromatic heterocycles. The first-order chi connectivity index (χ1) is 9.70. The minimum atomic E-state index is 0.691. The number of rotatable bonds is 5. The van der Waals surface area contributed by atoms with Crippen molar-refractivity contribution in [1.29, 1.82) is 0 Å². The van der Waals surface area contributed by atoms with E-state index in [2.05, 4.69) is 17.4 Å². The summed E-state index contributed by atoms with van der Waals surface area (Å²) < 4.78 is 5.88. The minimum absolute atomic E-state index is 0.691. The monoisotopic (exact) mass is 287 g/mol. The van der Waals surface area contributed by atoms with Gasteiger partial charge in [-0.1, -0.05) is 29.8 Å². The van der Waals surface area contributed by atoms with Crippen molar-refractivity contribution in [3.05, 3.63) is 58.6 Å². The quantitative estimate of drug-likeness (QED) is 0.861. The second-order valence-corrected chi connectivity index (χ2v) is 5.75. The van der Waals surface area contributed by atoms with Gasteiger partial charge in [0, 0.05) is 17.6 Å². The lowest BCUT2D eigenvalue weighted by Gasteiger charge is -2.10. The average Bonchev–Trinajstić information content (AvgIpc) is 3.26. The fourth-order valence-electron chi connectivity index (χ4n) is 2.04. The molecule has 20 heavy (non-hydrogen) atoms. The Hall–Kier alpha value is -1.51. The van der Waals surface area contributed by atoms with Crippen molar-refractivity contribution < 1.29 is 4.74 Å². The van der Waals surface area contributed by atoms with Gasteiger partial charge >= 0.3 is 0 Å². The molecule has 2 aromatic carbocycles. The van der Waals surface area contributed by atoms with Crippen LogP contribution in [0.4, 0.5) is 0 Å². The molecule has 104 valence electrons. The molecule has 0 aliphatic heterocycles. The molecule has 0 saturated heterocycles. The molecular formula is C17H18ClNO. The van der Waals surface area contributed by atoms with Gasteiger partial charge in [0.15, 0.2) is 0 Å². The summed E-state index contributed by atoms with van der Waals surface area (Å²) in [5.41, 5.74) is 2.36. The van der Waals surface area contributed by atoms with Crippen molar-refractivity contribution in [2.45, 2.75) is 32.4 Å². The second-order valence-electron chi connectivity index (χ2n) is 5.31. The van der Waals surface area contributed by atoms with E-state index in [9.17, 15) is 0 Å². The number of nitrogens with one attached hydrogen (secondary N) is 1. The maximum absolute atomic E-state index is 6.00. The molecule has 0 heterocycles. The van der Waals surface area contributed by atoms with Gasteiger partial charge in [-0.3, -0.25) is 0 Å². The third-order valence-electron chi connectivity index (χ3n) is 3.47. The lowest BCUT2D eigenvalue weighted by Crippen LogP contribution is -2.14. The van der Waals surface area contributed by atoms with Crippen LogP contribution in [0.15, 0.2) is 42.5 Å². The van der Waals surface area contributed by atoms with Gasteiger partial charge in [-0.2, -0.15) is 0 Å². The molecule has 0 bridgehead atoms. The molecule has 3 rings (SSSR count). The molecule has 3 heteroatoms.